The Morgan fingerprint density at radius 2 is 1.75 bits per heavy atom. The molecule has 124 valence electrons. The number of hydrogen-bond donors (Lipinski definition) is 3. The zero-order valence-corrected chi connectivity index (χ0v) is 13.4. The number of piperazine rings is 1. The molecule has 2 aliphatic heterocycles. The van der Waals surface area contributed by atoms with E-state index in [1.54, 1.807) is 12.1 Å². The van der Waals surface area contributed by atoms with Gasteiger partial charge < -0.3 is 10.6 Å². The molecule has 2 heterocycles. The molecule has 2 amide bonds. The first-order valence-electron chi connectivity index (χ1n) is 8.32. The Morgan fingerprint density at radius 1 is 1.00 bits per heavy atom. The van der Waals surface area contributed by atoms with E-state index in [-0.39, 0.29) is 11.8 Å². The molecule has 0 bridgehead atoms. The molecule has 2 aromatic rings. The highest BCUT2D eigenvalue weighted by Gasteiger charge is 2.25. The summed E-state index contributed by atoms with van der Waals surface area (Å²) < 4.78 is 0. The van der Waals surface area contributed by atoms with Gasteiger partial charge in [-0.15, -0.1) is 0 Å². The molecule has 0 unspecified atom stereocenters. The Labute approximate surface area is 140 Å². The minimum absolute atomic E-state index is 0.323. The van der Waals surface area contributed by atoms with Gasteiger partial charge in [-0.3, -0.25) is 19.8 Å². The smallest absolute Gasteiger partial charge is 0.258 e. The van der Waals surface area contributed by atoms with Crippen molar-refractivity contribution in [1.82, 2.24) is 15.5 Å². The van der Waals surface area contributed by atoms with Crippen molar-refractivity contribution in [3.63, 3.8) is 0 Å². The molecule has 1 saturated heterocycles. The molecule has 2 aromatic carbocycles. The maximum Gasteiger partial charge on any atom is 0.258 e. The second-order valence-electron chi connectivity index (χ2n) is 6.19. The topological polar surface area (TPSA) is 73.5 Å². The van der Waals surface area contributed by atoms with Gasteiger partial charge in [0.15, 0.2) is 0 Å². The van der Waals surface area contributed by atoms with E-state index in [2.05, 4.69) is 20.9 Å². The van der Waals surface area contributed by atoms with Crippen LogP contribution in [0.15, 0.2) is 30.3 Å². The number of imide groups is 1. The molecule has 3 N–H and O–H groups in total. The van der Waals surface area contributed by atoms with Crippen molar-refractivity contribution in [2.24, 2.45) is 0 Å². The number of rotatable bonds is 4. The summed E-state index contributed by atoms with van der Waals surface area (Å²) >= 11 is 0. The lowest BCUT2D eigenvalue weighted by Gasteiger charge is -2.27. The van der Waals surface area contributed by atoms with Crippen LogP contribution in [0.25, 0.3) is 10.8 Å². The van der Waals surface area contributed by atoms with Crippen LogP contribution >= 0.6 is 0 Å². The quantitative estimate of drug-likeness (QED) is 0.733. The predicted molar refractivity (Wildman–Crippen MR) is 93.5 cm³/mol. The molecule has 0 radical (unpaired) electrons. The summed E-state index contributed by atoms with van der Waals surface area (Å²) in [6.45, 7) is 6.03. The molecule has 0 aromatic heterocycles. The van der Waals surface area contributed by atoms with E-state index >= 15 is 0 Å². The monoisotopic (exact) mass is 324 g/mol. The van der Waals surface area contributed by atoms with Crippen molar-refractivity contribution in [3.8, 4) is 0 Å². The van der Waals surface area contributed by atoms with E-state index in [0.717, 1.165) is 55.7 Å². The number of anilines is 1. The second kappa shape index (κ2) is 6.22. The van der Waals surface area contributed by atoms with Crippen LogP contribution in [0, 0.1) is 0 Å². The maximum atomic E-state index is 12.0. The highest BCUT2D eigenvalue weighted by Crippen LogP contribution is 2.31. The van der Waals surface area contributed by atoms with Crippen molar-refractivity contribution >= 4 is 28.3 Å². The Balaban J connectivity index is 1.60. The number of carbonyl (C=O) groups is 2. The van der Waals surface area contributed by atoms with Crippen LogP contribution in [0.5, 0.6) is 0 Å². The van der Waals surface area contributed by atoms with Crippen molar-refractivity contribution in [3.05, 3.63) is 41.5 Å². The van der Waals surface area contributed by atoms with Gasteiger partial charge in [0.2, 0.25) is 0 Å². The van der Waals surface area contributed by atoms with Crippen LogP contribution in [0.4, 0.5) is 5.69 Å². The molecule has 0 aliphatic carbocycles. The van der Waals surface area contributed by atoms with E-state index in [4.69, 9.17) is 0 Å². The second-order valence-corrected chi connectivity index (χ2v) is 6.19. The van der Waals surface area contributed by atoms with E-state index in [0.29, 0.717) is 11.1 Å². The Bertz CT molecular complexity index is 792. The third kappa shape index (κ3) is 2.64. The number of carbonyl (C=O) groups excluding carboxylic acids is 2. The molecule has 24 heavy (non-hydrogen) atoms. The predicted octanol–water partition coefficient (Wildman–Crippen LogP) is 1.04. The number of nitrogens with one attached hydrogen (secondary N) is 3. The SMILES string of the molecule is O=C1NC(=O)c2ccc(NCCN3CCNCC3)c3cccc1c23. The lowest BCUT2D eigenvalue weighted by molar-refractivity contribution is 0.0845. The zero-order chi connectivity index (χ0) is 16.5. The van der Waals surface area contributed by atoms with Crippen LogP contribution in [0.2, 0.25) is 0 Å². The average molecular weight is 324 g/mol. The van der Waals surface area contributed by atoms with Crippen molar-refractivity contribution in [1.29, 1.82) is 0 Å². The number of benzene rings is 2. The summed E-state index contributed by atoms with van der Waals surface area (Å²) in [4.78, 5) is 26.5. The van der Waals surface area contributed by atoms with Crippen LogP contribution in [-0.2, 0) is 0 Å². The van der Waals surface area contributed by atoms with Crippen LogP contribution in [0.1, 0.15) is 20.7 Å². The molecule has 2 aliphatic rings. The number of amides is 2. The van der Waals surface area contributed by atoms with Gasteiger partial charge in [0.05, 0.1) is 0 Å². The maximum absolute atomic E-state index is 12.0. The summed E-state index contributed by atoms with van der Waals surface area (Å²) in [6.07, 6.45) is 0. The third-order valence-corrected chi connectivity index (χ3v) is 4.71. The van der Waals surface area contributed by atoms with Crippen LogP contribution in [-0.4, -0.2) is 56.0 Å². The van der Waals surface area contributed by atoms with Crippen LogP contribution in [0.3, 0.4) is 0 Å². The minimum atomic E-state index is -0.323. The average Bonchev–Trinajstić information content (AvgIpc) is 2.61. The zero-order valence-electron chi connectivity index (χ0n) is 13.4. The fraction of sp³-hybridized carbons (Fsp3) is 0.333. The van der Waals surface area contributed by atoms with Crippen LogP contribution < -0.4 is 16.0 Å². The molecular weight excluding hydrogens is 304 g/mol. The number of nitrogens with zero attached hydrogens (tertiary/aromatic N) is 1. The highest BCUT2D eigenvalue weighted by molar-refractivity contribution is 6.26. The molecule has 6 heteroatoms. The molecule has 0 saturated carbocycles. The lowest BCUT2D eigenvalue weighted by atomic mass is 9.94. The van der Waals surface area contributed by atoms with Gasteiger partial charge in [-0.05, 0) is 18.2 Å². The van der Waals surface area contributed by atoms with Gasteiger partial charge in [-0.25, -0.2) is 0 Å². The first-order valence-corrected chi connectivity index (χ1v) is 8.32. The van der Waals surface area contributed by atoms with Gasteiger partial charge in [-0.2, -0.15) is 0 Å². The molecule has 0 atom stereocenters. The van der Waals surface area contributed by atoms with Gasteiger partial charge in [0.25, 0.3) is 11.8 Å². The molecule has 4 rings (SSSR count). The first-order chi connectivity index (χ1) is 11.7. The molecule has 1 fully saturated rings. The van der Waals surface area contributed by atoms with E-state index in [1.165, 1.54) is 0 Å². The van der Waals surface area contributed by atoms with Crippen molar-refractivity contribution < 1.29 is 9.59 Å². The molecule has 0 spiro atoms. The third-order valence-electron chi connectivity index (χ3n) is 4.71. The molecular formula is C18H20N4O2. The highest BCUT2D eigenvalue weighted by atomic mass is 16.2. The molecule has 6 nitrogen and oxygen atoms in total. The Morgan fingerprint density at radius 3 is 2.54 bits per heavy atom. The summed E-state index contributed by atoms with van der Waals surface area (Å²) in [5.41, 5.74) is 2.09. The Hall–Kier alpha value is -2.44. The lowest BCUT2D eigenvalue weighted by Crippen LogP contribution is -2.45. The van der Waals surface area contributed by atoms with Crippen molar-refractivity contribution in [2.45, 2.75) is 0 Å². The normalized spacial score (nSPS) is 17.8. The fourth-order valence-electron chi connectivity index (χ4n) is 3.46. The fourth-order valence-corrected chi connectivity index (χ4v) is 3.46. The largest absolute Gasteiger partial charge is 0.383 e. The van der Waals surface area contributed by atoms with Gasteiger partial charge in [0, 0.05) is 66.9 Å². The van der Waals surface area contributed by atoms with E-state index < -0.39 is 0 Å². The summed E-state index contributed by atoms with van der Waals surface area (Å²) in [5, 5.41) is 10.9. The summed E-state index contributed by atoms with van der Waals surface area (Å²) in [6, 6.07) is 9.30. The van der Waals surface area contributed by atoms with E-state index in [1.807, 2.05) is 18.2 Å². The first kappa shape index (κ1) is 15.1. The van der Waals surface area contributed by atoms with Gasteiger partial charge >= 0.3 is 0 Å². The summed E-state index contributed by atoms with van der Waals surface area (Å²) in [7, 11) is 0. The standard InChI is InChI=1S/C18H20N4O2/c23-17-13-3-1-2-12-15(5-4-14(16(12)13)18(24)21-17)20-8-11-22-9-6-19-7-10-22/h1-5,19-20H,6-11H2,(H,21,23,24). The summed E-state index contributed by atoms with van der Waals surface area (Å²) in [5.74, 6) is -0.646. The van der Waals surface area contributed by atoms with Gasteiger partial charge in [-0.1, -0.05) is 12.1 Å². The minimum Gasteiger partial charge on any atom is -0.383 e. The van der Waals surface area contributed by atoms with Crippen molar-refractivity contribution in [2.75, 3.05) is 44.6 Å². The number of hydrogen-bond acceptors (Lipinski definition) is 5. The van der Waals surface area contributed by atoms with E-state index in [9.17, 15) is 9.59 Å². The Kier molecular flexibility index (Phi) is 3.92. The van der Waals surface area contributed by atoms with Gasteiger partial charge in [0.1, 0.15) is 0 Å².